The molecule has 0 aliphatic carbocycles. The number of nitrogens with zero attached hydrogens (tertiary/aromatic N) is 3. The van der Waals surface area contributed by atoms with Crippen molar-refractivity contribution in [3.8, 4) is 11.3 Å². The number of carbonyl (C=O) groups excluding carboxylic acids is 1. The summed E-state index contributed by atoms with van der Waals surface area (Å²) in [6, 6.07) is 8.67. The fraction of sp³-hybridized carbons (Fsp3) is 0.211. The Morgan fingerprint density at radius 1 is 1.20 bits per heavy atom. The Kier molecular flexibility index (Phi) is 4.01. The van der Waals surface area contributed by atoms with Gasteiger partial charge in [-0.05, 0) is 25.0 Å². The Hall–Kier alpha value is -3.02. The van der Waals surface area contributed by atoms with Crippen LogP contribution in [0.5, 0.6) is 0 Å². The number of nitrogens with one attached hydrogen (secondary N) is 1. The monoisotopic (exact) mass is 336 g/mol. The zero-order valence-corrected chi connectivity index (χ0v) is 13.6. The van der Waals surface area contributed by atoms with Crippen LogP contribution in [0.25, 0.3) is 11.3 Å². The number of fused-ring (bicyclic) bond motifs is 1. The number of aromatic nitrogens is 3. The number of imidazole rings is 1. The van der Waals surface area contributed by atoms with Crippen LogP contribution in [-0.2, 0) is 13.0 Å². The summed E-state index contributed by atoms with van der Waals surface area (Å²) >= 11 is 0. The van der Waals surface area contributed by atoms with Crippen molar-refractivity contribution >= 4 is 11.6 Å². The van der Waals surface area contributed by atoms with E-state index in [1.54, 1.807) is 0 Å². The molecule has 6 heteroatoms. The van der Waals surface area contributed by atoms with E-state index in [9.17, 15) is 9.18 Å². The standard InChI is InChI=1S/C19H17FN4O/c20-14-9-13(10-21-11-14)19(25)23-16-6-2-1-5-15(16)17-12-24-8-4-3-7-18(24)22-17/h1-2,5-6,9-12H,3-4,7-8H2,(H,23,25). The van der Waals surface area contributed by atoms with Crippen molar-refractivity contribution in [1.82, 2.24) is 14.5 Å². The van der Waals surface area contributed by atoms with Gasteiger partial charge in [0.15, 0.2) is 0 Å². The number of hydrogen-bond donors (Lipinski definition) is 1. The van der Waals surface area contributed by atoms with Crippen molar-refractivity contribution in [1.29, 1.82) is 0 Å². The van der Waals surface area contributed by atoms with Crippen molar-refractivity contribution < 1.29 is 9.18 Å². The van der Waals surface area contributed by atoms with E-state index in [1.807, 2.05) is 30.5 Å². The van der Waals surface area contributed by atoms with Gasteiger partial charge >= 0.3 is 0 Å². The van der Waals surface area contributed by atoms with Gasteiger partial charge in [0.1, 0.15) is 11.6 Å². The average Bonchev–Trinajstić information content (AvgIpc) is 3.06. The Morgan fingerprint density at radius 2 is 2.08 bits per heavy atom. The molecule has 1 aliphatic rings. The minimum absolute atomic E-state index is 0.180. The van der Waals surface area contributed by atoms with Crippen LogP contribution in [0.2, 0.25) is 0 Å². The SMILES string of the molecule is O=C(Nc1ccccc1-c1cn2c(n1)CCCC2)c1cncc(F)c1. The van der Waals surface area contributed by atoms with Crippen LogP contribution in [-0.4, -0.2) is 20.4 Å². The first kappa shape index (κ1) is 15.5. The highest BCUT2D eigenvalue weighted by atomic mass is 19.1. The summed E-state index contributed by atoms with van der Waals surface area (Å²) < 4.78 is 15.5. The highest BCUT2D eigenvalue weighted by molar-refractivity contribution is 6.05. The van der Waals surface area contributed by atoms with E-state index >= 15 is 0 Å². The van der Waals surface area contributed by atoms with Gasteiger partial charge in [0.25, 0.3) is 5.91 Å². The molecule has 0 saturated carbocycles. The van der Waals surface area contributed by atoms with Crippen LogP contribution in [0.4, 0.5) is 10.1 Å². The molecule has 126 valence electrons. The number of benzene rings is 1. The lowest BCUT2D eigenvalue weighted by Crippen LogP contribution is -2.13. The summed E-state index contributed by atoms with van der Waals surface area (Å²) in [4.78, 5) is 20.8. The Balaban J connectivity index is 1.65. The highest BCUT2D eigenvalue weighted by Crippen LogP contribution is 2.29. The van der Waals surface area contributed by atoms with Gasteiger partial charge in [0.2, 0.25) is 0 Å². The normalized spacial score (nSPS) is 13.3. The first-order valence-electron chi connectivity index (χ1n) is 8.28. The lowest BCUT2D eigenvalue weighted by molar-refractivity contribution is 0.102. The summed E-state index contributed by atoms with van der Waals surface area (Å²) in [5.41, 5.74) is 2.51. The molecule has 25 heavy (non-hydrogen) atoms. The van der Waals surface area contributed by atoms with Crippen LogP contribution < -0.4 is 5.32 Å². The first-order chi connectivity index (χ1) is 12.2. The van der Waals surface area contributed by atoms with Crippen LogP contribution in [0, 0.1) is 5.82 Å². The minimum Gasteiger partial charge on any atom is -0.334 e. The lowest BCUT2D eigenvalue weighted by Gasteiger charge is -2.11. The third-order valence-electron chi connectivity index (χ3n) is 4.33. The molecule has 5 nitrogen and oxygen atoms in total. The molecule has 1 N–H and O–H groups in total. The molecule has 4 rings (SSSR count). The molecule has 1 aromatic carbocycles. The fourth-order valence-corrected chi connectivity index (χ4v) is 3.09. The van der Waals surface area contributed by atoms with E-state index in [4.69, 9.17) is 4.98 Å². The van der Waals surface area contributed by atoms with E-state index in [0.29, 0.717) is 5.69 Å². The zero-order valence-electron chi connectivity index (χ0n) is 13.6. The smallest absolute Gasteiger partial charge is 0.257 e. The number of anilines is 1. The summed E-state index contributed by atoms with van der Waals surface area (Å²) in [5, 5.41) is 2.84. The number of aryl methyl sites for hydroxylation is 2. The second-order valence-corrected chi connectivity index (χ2v) is 6.08. The van der Waals surface area contributed by atoms with Gasteiger partial charge in [-0.3, -0.25) is 9.78 Å². The number of amides is 1. The van der Waals surface area contributed by atoms with E-state index in [2.05, 4.69) is 14.9 Å². The number of rotatable bonds is 3. The van der Waals surface area contributed by atoms with Crippen molar-refractivity contribution in [3.63, 3.8) is 0 Å². The third-order valence-corrected chi connectivity index (χ3v) is 4.33. The summed E-state index contributed by atoms with van der Waals surface area (Å²) in [6.07, 6.45) is 7.73. The molecule has 3 aromatic rings. The fourth-order valence-electron chi connectivity index (χ4n) is 3.09. The van der Waals surface area contributed by atoms with Crippen LogP contribution in [0.1, 0.15) is 29.0 Å². The third kappa shape index (κ3) is 3.15. The maximum atomic E-state index is 13.3. The van der Waals surface area contributed by atoms with Crippen molar-refractivity contribution in [2.24, 2.45) is 0 Å². The average molecular weight is 336 g/mol. The molecule has 0 fully saturated rings. The van der Waals surface area contributed by atoms with Gasteiger partial charge in [0, 0.05) is 30.9 Å². The predicted octanol–water partition coefficient (Wildman–Crippen LogP) is 3.67. The van der Waals surface area contributed by atoms with Crippen molar-refractivity contribution in [2.45, 2.75) is 25.8 Å². The number of halogens is 1. The first-order valence-corrected chi connectivity index (χ1v) is 8.28. The molecule has 1 amide bonds. The van der Waals surface area contributed by atoms with Crippen molar-refractivity contribution in [2.75, 3.05) is 5.32 Å². The van der Waals surface area contributed by atoms with E-state index in [1.165, 1.54) is 12.3 Å². The van der Waals surface area contributed by atoms with Gasteiger partial charge in [-0.2, -0.15) is 0 Å². The second-order valence-electron chi connectivity index (χ2n) is 6.08. The largest absolute Gasteiger partial charge is 0.334 e. The lowest BCUT2D eigenvalue weighted by atomic mass is 10.1. The molecule has 0 radical (unpaired) electrons. The predicted molar refractivity (Wildman–Crippen MR) is 92.7 cm³/mol. The van der Waals surface area contributed by atoms with Gasteiger partial charge in [-0.25, -0.2) is 9.37 Å². The molecule has 0 spiro atoms. The van der Waals surface area contributed by atoms with Gasteiger partial charge in [-0.15, -0.1) is 0 Å². The molecular weight excluding hydrogens is 319 g/mol. The minimum atomic E-state index is -0.539. The zero-order chi connectivity index (χ0) is 17.2. The Labute approximate surface area is 144 Å². The topological polar surface area (TPSA) is 59.8 Å². The summed E-state index contributed by atoms with van der Waals surface area (Å²) in [6.45, 7) is 0.978. The maximum Gasteiger partial charge on any atom is 0.257 e. The van der Waals surface area contributed by atoms with Gasteiger partial charge in [-0.1, -0.05) is 18.2 Å². The molecule has 3 heterocycles. The molecule has 2 aromatic heterocycles. The van der Waals surface area contributed by atoms with Gasteiger partial charge < -0.3 is 9.88 Å². The van der Waals surface area contributed by atoms with Crippen LogP contribution in [0.3, 0.4) is 0 Å². The molecule has 0 saturated heterocycles. The van der Waals surface area contributed by atoms with Crippen LogP contribution >= 0.6 is 0 Å². The van der Waals surface area contributed by atoms with E-state index in [0.717, 1.165) is 49.1 Å². The molecular formula is C19H17FN4O. The Morgan fingerprint density at radius 3 is 2.92 bits per heavy atom. The molecule has 1 aliphatic heterocycles. The number of carbonyl (C=O) groups is 1. The number of hydrogen-bond acceptors (Lipinski definition) is 3. The molecule has 0 atom stereocenters. The number of para-hydroxylation sites is 1. The van der Waals surface area contributed by atoms with E-state index in [-0.39, 0.29) is 5.56 Å². The molecule has 0 bridgehead atoms. The van der Waals surface area contributed by atoms with Crippen LogP contribution in [0.15, 0.2) is 48.9 Å². The van der Waals surface area contributed by atoms with Gasteiger partial charge in [0.05, 0.1) is 23.1 Å². The maximum absolute atomic E-state index is 13.3. The number of pyridine rings is 1. The second kappa shape index (κ2) is 6.47. The highest BCUT2D eigenvalue weighted by Gasteiger charge is 2.16. The summed E-state index contributed by atoms with van der Waals surface area (Å²) in [5.74, 6) is 0.142. The van der Waals surface area contributed by atoms with E-state index < -0.39 is 11.7 Å². The van der Waals surface area contributed by atoms with Crippen molar-refractivity contribution in [3.05, 3.63) is 66.1 Å². The summed E-state index contributed by atoms with van der Waals surface area (Å²) in [7, 11) is 0. The molecule has 0 unspecified atom stereocenters. The quantitative estimate of drug-likeness (QED) is 0.794. The Bertz CT molecular complexity index is 911.